The van der Waals surface area contributed by atoms with Crippen molar-refractivity contribution in [2.24, 2.45) is 0 Å². The van der Waals surface area contributed by atoms with Gasteiger partial charge in [-0.3, -0.25) is 0 Å². The molecule has 70 valence electrons. The molecule has 2 aliphatic rings. The highest BCUT2D eigenvalue weighted by atomic mass is 15.0. The van der Waals surface area contributed by atoms with E-state index < -0.39 is 0 Å². The van der Waals surface area contributed by atoms with E-state index in [2.05, 4.69) is 17.6 Å². The average Bonchev–Trinajstić information content (AvgIpc) is 2.04. The van der Waals surface area contributed by atoms with Crippen LogP contribution in [-0.2, 0) is 0 Å². The first-order valence-electron chi connectivity index (χ1n) is 5.27. The van der Waals surface area contributed by atoms with Gasteiger partial charge in [-0.1, -0.05) is 0 Å². The number of hydrogen-bond acceptors (Lipinski definition) is 2. The second-order valence-corrected chi connectivity index (χ2v) is 4.58. The molecule has 0 aromatic heterocycles. The summed E-state index contributed by atoms with van der Waals surface area (Å²) in [4.78, 5) is 0. The summed E-state index contributed by atoms with van der Waals surface area (Å²) in [6.07, 6.45) is 6.83. The topological polar surface area (TPSA) is 24.1 Å². The van der Waals surface area contributed by atoms with Crippen LogP contribution in [0.4, 0.5) is 0 Å². The summed E-state index contributed by atoms with van der Waals surface area (Å²) < 4.78 is 0. The van der Waals surface area contributed by atoms with Crippen LogP contribution in [0.2, 0.25) is 0 Å². The number of rotatable bonds is 2. The van der Waals surface area contributed by atoms with E-state index in [1.807, 2.05) is 0 Å². The summed E-state index contributed by atoms with van der Waals surface area (Å²) in [7, 11) is 0. The van der Waals surface area contributed by atoms with E-state index >= 15 is 0 Å². The summed E-state index contributed by atoms with van der Waals surface area (Å²) in [5, 5.41) is 7.19. The van der Waals surface area contributed by atoms with Gasteiger partial charge in [0.25, 0.3) is 0 Å². The maximum Gasteiger partial charge on any atom is 0.0156 e. The van der Waals surface area contributed by atoms with Gasteiger partial charge in [0.05, 0.1) is 0 Å². The molecule has 0 amide bonds. The Morgan fingerprint density at radius 2 is 1.92 bits per heavy atom. The fraction of sp³-hybridized carbons (Fsp3) is 1.00. The van der Waals surface area contributed by atoms with Crippen molar-refractivity contribution < 1.29 is 0 Å². The first-order chi connectivity index (χ1) is 5.79. The predicted octanol–water partition coefficient (Wildman–Crippen LogP) is 1.27. The van der Waals surface area contributed by atoms with Crippen LogP contribution < -0.4 is 10.6 Å². The molecular weight excluding hydrogens is 148 g/mol. The Morgan fingerprint density at radius 1 is 1.25 bits per heavy atom. The van der Waals surface area contributed by atoms with Crippen LogP contribution in [0.3, 0.4) is 0 Å². The third kappa shape index (κ3) is 1.80. The van der Waals surface area contributed by atoms with Crippen LogP contribution in [0, 0.1) is 0 Å². The minimum Gasteiger partial charge on any atom is -0.317 e. The van der Waals surface area contributed by atoms with Crippen molar-refractivity contribution in [2.75, 3.05) is 13.1 Å². The molecule has 0 radical (unpaired) electrons. The van der Waals surface area contributed by atoms with E-state index in [-0.39, 0.29) is 0 Å². The van der Waals surface area contributed by atoms with Gasteiger partial charge in [0.15, 0.2) is 0 Å². The zero-order chi connectivity index (χ0) is 8.44. The highest BCUT2D eigenvalue weighted by Gasteiger charge is 2.33. The minimum absolute atomic E-state index is 0.502. The molecule has 0 bridgehead atoms. The van der Waals surface area contributed by atoms with E-state index in [1.54, 1.807) is 0 Å². The molecule has 2 N–H and O–H groups in total. The minimum atomic E-state index is 0.502. The van der Waals surface area contributed by atoms with E-state index in [4.69, 9.17) is 0 Å². The van der Waals surface area contributed by atoms with Crippen molar-refractivity contribution in [1.29, 1.82) is 0 Å². The Kier molecular flexibility index (Phi) is 2.37. The largest absolute Gasteiger partial charge is 0.317 e. The molecule has 2 heteroatoms. The molecule has 0 unspecified atom stereocenters. The lowest BCUT2D eigenvalue weighted by atomic mass is 9.77. The van der Waals surface area contributed by atoms with Crippen LogP contribution in [0.5, 0.6) is 0 Å². The molecule has 1 aliphatic carbocycles. The van der Waals surface area contributed by atoms with Gasteiger partial charge in [-0.25, -0.2) is 0 Å². The lowest BCUT2D eigenvalue weighted by Gasteiger charge is -2.43. The summed E-state index contributed by atoms with van der Waals surface area (Å²) in [6.45, 7) is 4.78. The number of hydrogen-bond donors (Lipinski definition) is 2. The second-order valence-electron chi connectivity index (χ2n) is 4.58. The fourth-order valence-electron chi connectivity index (χ4n) is 2.31. The molecule has 1 saturated carbocycles. The zero-order valence-corrected chi connectivity index (χ0v) is 8.03. The highest BCUT2D eigenvalue weighted by Crippen LogP contribution is 2.32. The van der Waals surface area contributed by atoms with E-state index in [1.165, 1.54) is 45.2 Å². The molecule has 0 aromatic rings. The van der Waals surface area contributed by atoms with Crippen molar-refractivity contribution in [3.8, 4) is 0 Å². The molecule has 1 aliphatic heterocycles. The first-order valence-corrected chi connectivity index (χ1v) is 5.27. The van der Waals surface area contributed by atoms with Crippen LogP contribution in [0.1, 0.15) is 39.0 Å². The van der Waals surface area contributed by atoms with Crippen LogP contribution in [-0.4, -0.2) is 24.7 Å². The Balaban J connectivity index is 1.77. The quantitative estimate of drug-likeness (QED) is 0.649. The van der Waals surface area contributed by atoms with E-state index in [0.717, 1.165) is 6.04 Å². The number of piperidine rings is 1. The van der Waals surface area contributed by atoms with Crippen molar-refractivity contribution in [1.82, 2.24) is 10.6 Å². The summed E-state index contributed by atoms with van der Waals surface area (Å²) in [5.74, 6) is 0. The monoisotopic (exact) mass is 168 g/mol. The molecule has 2 rings (SSSR count). The standard InChI is InChI=1S/C10H20N2/c1-10(5-2-6-10)12-9-3-7-11-8-4-9/h9,11-12H,2-8H2,1H3. The van der Waals surface area contributed by atoms with Crippen LogP contribution in [0.25, 0.3) is 0 Å². The Bertz CT molecular complexity index is 146. The zero-order valence-electron chi connectivity index (χ0n) is 8.03. The molecule has 0 spiro atoms. The van der Waals surface area contributed by atoms with Crippen molar-refractivity contribution in [3.05, 3.63) is 0 Å². The lowest BCUT2D eigenvalue weighted by molar-refractivity contribution is 0.171. The molecule has 0 aromatic carbocycles. The van der Waals surface area contributed by atoms with Gasteiger partial charge in [0, 0.05) is 11.6 Å². The molecule has 1 saturated heterocycles. The molecule has 0 atom stereocenters. The fourth-order valence-corrected chi connectivity index (χ4v) is 2.31. The molecule has 2 nitrogen and oxygen atoms in total. The highest BCUT2D eigenvalue weighted by molar-refractivity contribution is 4.94. The summed E-state index contributed by atoms with van der Waals surface area (Å²) in [5.41, 5.74) is 0.502. The van der Waals surface area contributed by atoms with Gasteiger partial charge in [0.2, 0.25) is 0 Å². The number of nitrogens with one attached hydrogen (secondary N) is 2. The Morgan fingerprint density at radius 3 is 2.42 bits per heavy atom. The third-order valence-electron chi connectivity index (χ3n) is 3.35. The van der Waals surface area contributed by atoms with Gasteiger partial charge < -0.3 is 10.6 Å². The van der Waals surface area contributed by atoms with Gasteiger partial charge in [-0.15, -0.1) is 0 Å². The second kappa shape index (κ2) is 3.35. The van der Waals surface area contributed by atoms with Crippen LogP contribution >= 0.6 is 0 Å². The van der Waals surface area contributed by atoms with Gasteiger partial charge in [-0.05, 0) is 52.1 Å². The third-order valence-corrected chi connectivity index (χ3v) is 3.35. The molecule has 1 heterocycles. The van der Waals surface area contributed by atoms with Crippen molar-refractivity contribution >= 4 is 0 Å². The van der Waals surface area contributed by atoms with Gasteiger partial charge in [-0.2, -0.15) is 0 Å². The first kappa shape index (κ1) is 8.52. The maximum atomic E-state index is 3.79. The maximum absolute atomic E-state index is 3.79. The van der Waals surface area contributed by atoms with Gasteiger partial charge >= 0.3 is 0 Å². The summed E-state index contributed by atoms with van der Waals surface area (Å²) in [6, 6.07) is 0.788. The van der Waals surface area contributed by atoms with Crippen molar-refractivity contribution in [3.63, 3.8) is 0 Å². The average molecular weight is 168 g/mol. The lowest BCUT2D eigenvalue weighted by Crippen LogP contribution is -2.55. The summed E-state index contributed by atoms with van der Waals surface area (Å²) >= 11 is 0. The van der Waals surface area contributed by atoms with E-state index in [0.29, 0.717) is 5.54 Å². The Hall–Kier alpha value is -0.0800. The SMILES string of the molecule is CC1(NC2CCNCC2)CCC1. The molecule has 12 heavy (non-hydrogen) atoms. The van der Waals surface area contributed by atoms with E-state index in [9.17, 15) is 0 Å². The molecule has 2 fully saturated rings. The van der Waals surface area contributed by atoms with Gasteiger partial charge in [0.1, 0.15) is 0 Å². The van der Waals surface area contributed by atoms with Crippen LogP contribution in [0.15, 0.2) is 0 Å². The smallest absolute Gasteiger partial charge is 0.0156 e. The Labute approximate surface area is 75.1 Å². The molecular formula is C10H20N2. The normalized spacial score (nSPS) is 29.8. The van der Waals surface area contributed by atoms with Crippen molar-refractivity contribution in [2.45, 2.75) is 50.6 Å². The predicted molar refractivity (Wildman–Crippen MR) is 51.3 cm³/mol.